The van der Waals surface area contributed by atoms with Crippen molar-refractivity contribution in [3.05, 3.63) is 70.5 Å². The molecule has 1 aliphatic heterocycles. The Bertz CT molecular complexity index is 1150. The summed E-state index contributed by atoms with van der Waals surface area (Å²) in [5.41, 5.74) is 5.06. The van der Waals surface area contributed by atoms with Gasteiger partial charge in [0.2, 0.25) is 5.70 Å². The zero-order chi connectivity index (χ0) is 20.6. The van der Waals surface area contributed by atoms with Crippen LogP contribution >= 0.6 is 11.3 Å². The number of fused-ring (bicyclic) bond motifs is 2. The zero-order valence-corrected chi connectivity index (χ0v) is 17.5. The summed E-state index contributed by atoms with van der Waals surface area (Å²) in [7, 11) is 1.96. The Kier molecular flexibility index (Phi) is 4.95. The number of para-hydroxylation sites is 1. The van der Waals surface area contributed by atoms with Gasteiger partial charge in [-0.15, -0.1) is 11.3 Å². The van der Waals surface area contributed by atoms with Gasteiger partial charge in [-0.25, -0.2) is 9.83 Å². The Balaban J connectivity index is 1.71. The lowest BCUT2D eigenvalue weighted by atomic mass is 9.81. The molecule has 2 heterocycles. The summed E-state index contributed by atoms with van der Waals surface area (Å²) in [6.45, 7) is 12.6. The number of likely N-dealkylation sites (N-methyl/N-ethyl adjacent to an activating group) is 1. The van der Waals surface area contributed by atoms with Crippen molar-refractivity contribution in [2.24, 2.45) is 4.99 Å². The number of aliphatic hydroxyl groups excluding tert-OH is 1. The Morgan fingerprint density at radius 1 is 1.28 bits per heavy atom. The molecular formula is C23H22N4OS. The van der Waals surface area contributed by atoms with Gasteiger partial charge in [-0.3, -0.25) is 4.99 Å². The first-order chi connectivity index (χ1) is 13.9. The fraction of sp³-hybridized carbons (Fsp3) is 0.261. The maximum atomic E-state index is 9.22. The quantitative estimate of drug-likeness (QED) is 0.608. The smallest absolute Gasteiger partial charge is 0.224 e. The van der Waals surface area contributed by atoms with Gasteiger partial charge in [0.1, 0.15) is 5.01 Å². The summed E-state index contributed by atoms with van der Waals surface area (Å²) in [6.07, 6.45) is 1.88. The Hall–Kier alpha value is -3.01. The molecule has 0 aliphatic carbocycles. The summed E-state index contributed by atoms with van der Waals surface area (Å²) in [5.74, 6) is 0. The van der Waals surface area contributed by atoms with Crippen molar-refractivity contribution in [1.82, 2.24) is 4.98 Å². The molecule has 0 bridgehead atoms. The molecule has 0 atom stereocenters. The van der Waals surface area contributed by atoms with Crippen LogP contribution in [0.15, 0.2) is 53.5 Å². The van der Waals surface area contributed by atoms with E-state index in [1.54, 1.807) is 0 Å². The van der Waals surface area contributed by atoms with Crippen LogP contribution in [0.25, 0.3) is 20.8 Å². The van der Waals surface area contributed by atoms with Crippen LogP contribution in [-0.4, -0.2) is 36.0 Å². The maximum Gasteiger partial charge on any atom is 0.224 e. The minimum absolute atomic E-state index is 0.109. The molecule has 1 aliphatic rings. The molecule has 0 radical (unpaired) electrons. The van der Waals surface area contributed by atoms with Gasteiger partial charge >= 0.3 is 0 Å². The van der Waals surface area contributed by atoms with Gasteiger partial charge in [-0.05, 0) is 42.0 Å². The van der Waals surface area contributed by atoms with E-state index in [4.69, 9.17) is 11.6 Å². The van der Waals surface area contributed by atoms with Crippen LogP contribution in [0.4, 0.5) is 11.4 Å². The molecule has 1 N–H and O–H groups in total. The van der Waals surface area contributed by atoms with E-state index in [0.717, 1.165) is 37.9 Å². The van der Waals surface area contributed by atoms with Gasteiger partial charge in [0.05, 0.1) is 29.1 Å². The summed E-state index contributed by atoms with van der Waals surface area (Å²) >= 11 is 1.53. The van der Waals surface area contributed by atoms with Gasteiger partial charge < -0.3 is 10.0 Å². The topological polar surface area (TPSA) is 53.1 Å². The Morgan fingerprint density at radius 3 is 2.79 bits per heavy atom. The lowest BCUT2D eigenvalue weighted by molar-refractivity contribution is 0.304. The molecular weight excluding hydrogens is 380 g/mol. The number of thiazole rings is 1. The fourth-order valence-corrected chi connectivity index (χ4v) is 4.44. The van der Waals surface area contributed by atoms with Gasteiger partial charge in [-0.1, -0.05) is 26.0 Å². The van der Waals surface area contributed by atoms with Crippen molar-refractivity contribution in [1.29, 1.82) is 0 Å². The number of aliphatic hydroxyl groups is 1. The summed E-state index contributed by atoms with van der Waals surface area (Å²) in [6, 6.07) is 14.1. The predicted molar refractivity (Wildman–Crippen MR) is 121 cm³/mol. The summed E-state index contributed by atoms with van der Waals surface area (Å²) in [4.78, 5) is 15.2. The highest BCUT2D eigenvalue weighted by Crippen LogP contribution is 2.43. The van der Waals surface area contributed by atoms with Crippen molar-refractivity contribution in [2.45, 2.75) is 19.3 Å². The number of hydrogen-bond acceptors (Lipinski definition) is 5. The summed E-state index contributed by atoms with van der Waals surface area (Å²) < 4.78 is 1.07. The molecule has 4 rings (SSSR count). The lowest BCUT2D eigenvalue weighted by Gasteiger charge is -2.24. The molecule has 6 heteroatoms. The van der Waals surface area contributed by atoms with Gasteiger partial charge in [0.25, 0.3) is 0 Å². The molecule has 0 saturated heterocycles. The van der Waals surface area contributed by atoms with Crippen LogP contribution in [0.5, 0.6) is 0 Å². The van der Waals surface area contributed by atoms with Crippen LogP contribution in [0.2, 0.25) is 0 Å². The summed E-state index contributed by atoms with van der Waals surface area (Å²) in [5, 5.41) is 9.94. The van der Waals surface area contributed by atoms with E-state index in [9.17, 15) is 5.11 Å². The average molecular weight is 403 g/mol. The molecule has 0 amide bonds. The number of benzene rings is 2. The monoisotopic (exact) mass is 402 g/mol. The second-order valence-corrected chi connectivity index (χ2v) is 8.63. The first-order valence-corrected chi connectivity index (χ1v) is 10.3. The van der Waals surface area contributed by atoms with E-state index in [-0.39, 0.29) is 12.0 Å². The standard InChI is InChI=1S/C23H22N4OS/c1-23(2)16-13-15(27(4)11-12-28)9-10-17(16)25-21(23)14-19(24-3)22-26-18-7-5-6-8-20(18)29-22/h5-10,13-14,28H,11-12H2,1-2,4H3/b19-14-. The third kappa shape index (κ3) is 3.44. The molecule has 2 aromatic carbocycles. The molecule has 1 aromatic heterocycles. The van der Waals surface area contributed by atoms with E-state index >= 15 is 0 Å². The van der Waals surface area contributed by atoms with E-state index in [1.165, 1.54) is 11.3 Å². The van der Waals surface area contributed by atoms with Crippen molar-refractivity contribution in [3.63, 3.8) is 0 Å². The molecule has 0 spiro atoms. The molecule has 29 heavy (non-hydrogen) atoms. The molecule has 0 unspecified atom stereocenters. The van der Waals surface area contributed by atoms with E-state index < -0.39 is 0 Å². The molecule has 0 saturated carbocycles. The molecule has 3 aromatic rings. The molecule has 0 fully saturated rings. The van der Waals surface area contributed by atoms with Crippen molar-refractivity contribution >= 4 is 44.3 Å². The highest BCUT2D eigenvalue weighted by Gasteiger charge is 2.34. The van der Waals surface area contributed by atoms with Crippen molar-refractivity contribution in [2.75, 3.05) is 25.1 Å². The highest BCUT2D eigenvalue weighted by atomic mass is 32.1. The second-order valence-electron chi connectivity index (χ2n) is 7.60. The number of aromatic nitrogens is 1. The van der Waals surface area contributed by atoms with Crippen LogP contribution < -0.4 is 4.90 Å². The van der Waals surface area contributed by atoms with E-state index in [1.807, 2.05) is 54.4 Å². The van der Waals surface area contributed by atoms with E-state index in [2.05, 4.69) is 29.7 Å². The highest BCUT2D eigenvalue weighted by molar-refractivity contribution is 7.19. The number of aliphatic imine (C=N–C) groups is 1. The van der Waals surface area contributed by atoms with Crippen LogP contribution in [0, 0.1) is 6.57 Å². The number of rotatable bonds is 5. The van der Waals surface area contributed by atoms with E-state index in [0.29, 0.717) is 12.2 Å². The van der Waals surface area contributed by atoms with Gasteiger partial charge in [-0.2, -0.15) is 0 Å². The van der Waals surface area contributed by atoms with Gasteiger partial charge in [0, 0.05) is 30.4 Å². The minimum Gasteiger partial charge on any atom is -0.395 e. The zero-order valence-electron chi connectivity index (χ0n) is 16.7. The Morgan fingerprint density at radius 2 is 2.07 bits per heavy atom. The predicted octanol–water partition coefficient (Wildman–Crippen LogP) is 5.05. The number of nitrogens with zero attached hydrogens (tertiary/aromatic N) is 4. The van der Waals surface area contributed by atoms with Crippen LogP contribution in [0.3, 0.4) is 0 Å². The molecule has 146 valence electrons. The largest absolute Gasteiger partial charge is 0.395 e. The number of anilines is 1. The SMILES string of the molecule is [C-]#[N+]/C(=C\C1=Nc2ccc(N(C)CCO)cc2C1(C)C)c1nc2ccccc2s1. The van der Waals surface area contributed by atoms with Crippen LogP contribution in [0.1, 0.15) is 24.4 Å². The third-order valence-electron chi connectivity index (χ3n) is 5.32. The van der Waals surface area contributed by atoms with Crippen molar-refractivity contribution in [3.8, 4) is 0 Å². The van der Waals surface area contributed by atoms with Crippen LogP contribution in [-0.2, 0) is 5.41 Å². The average Bonchev–Trinajstić information content (AvgIpc) is 3.24. The first-order valence-electron chi connectivity index (χ1n) is 9.45. The van der Waals surface area contributed by atoms with Crippen molar-refractivity contribution < 1.29 is 5.11 Å². The third-order valence-corrected chi connectivity index (χ3v) is 6.38. The molecule has 5 nitrogen and oxygen atoms in total. The fourth-order valence-electron chi connectivity index (χ4n) is 3.51. The first kappa shape index (κ1) is 19.3. The Labute approximate surface area is 174 Å². The van der Waals surface area contributed by atoms with Gasteiger partial charge in [0.15, 0.2) is 0 Å². The maximum absolute atomic E-state index is 9.22. The number of allylic oxidation sites excluding steroid dienone is 1. The lowest BCUT2D eigenvalue weighted by Crippen LogP contribution is -2.25. The number of hydrogen-bond donors (Lipinski definition) is 1. The minimum atomic E-state index is -0.321. The second kappa shape index (κ2) is 7.43. The normalized spacial score (nSPS) is 15.1.